The van der Waals surface area contributed by atoms with Crippen molar-refractivity contribution in [2.45, 2.75) is 37.8 Å². The summed E-state index contributed by atoms with van der Waals surface area (Å²) in [6.07, 6.45) is 1.86. The molecule has 0 unspecified atom stereocenters. The van der Waals surface area contributed by atoms with Crippen molar-refractivity contribution in [1.82, 2.24) is 4.90 Å². The van der Waals surface area contributed by atoms with Crippen LogP contribution >= 0.6 is 0 Å². The number of likely N-dealkylation sites (tertiary alicyclic amines) is 1. The largest absolute Gasteiger partial charge is 0.507 e. The van der Waals surface area contributed by atoms with E-state index in [1.165, 1.54) is 17.0 Å². The summed E-state index contributed by atoms with van der Waals surface area (Å²) in [6.45, 7) is 2.91. The molecule has 2 saturated heterocycles. The van der Waals surface area contributed by atoms with Crippen molar-refractivity contribution in [3.8, 4) is 0 Å². The Hall–Kier alpha value is -3.52. The summed E-state index contributed by atoms with van der Waals surface area (Å²) in [7, 11) is 0. The van der Waals surface area contributed by atoms with Gasteiger partial charge in [-0.05, 0) is 49.6 Å². The summed E-state index contributed by atoms with van der Waals surface area (Å²) in [5.74, 6) is -3.28. The summed E-state index contributed by atoms with van der Waals surface area (Å²) >= 11 is 0. The predicted octanol–water partition coefficient (Wildman–Crippen LogP) is 3.34. The van der Waals surface area contributed by atoms with Crippen molar-refractivity contribution in [2.75, 3.05) is 24.6 Å². The number of halogens is 1. The molecule has 176 valence electrons. The van der Waals surface area contributed by atoms with Crippen molar-refractivity contribution >= 4 is 29.0 Å². The maximum Gasteiger partial charge on any atom is 0.296 e. The third-order valence-corrected chi connectivity index (χ3v) is 6.78. The molecule has 0 aliphatic carbocycles. The molecule has 2 aromatic carbocycles. The van der Waals surface area contributed by atoms with Gasteiger partial charge < -0.3 is 19.6 Å². The molecule has 7 nitrogen and oxygen atoms in total. The second-order valence-corrected chi connectivity index (χ2v) is 8.79. The lowest BCUT2D eigenvalue weighted by atomic mass is 9.81. The molecule has 2 atom stereocenters. The van der Waals surface area contributed by atoms with Gasteiger partial charge in [0.2, 0.25) is 0 Å². The van der Waals surface area contributed by atoms with Crippen LogP contribution in [0.1, 0.15) is 37.3 Å². The maximum absolute atomic E-state index is 14.2. The topological polar surface area (TPSA) is 87.2 Å². The number of carbonyl (C=O) groups excluding carboxylic acids is 3. The first-order valence-electron chi connectivity index (χ1n) is 11.5. The van der Waals surface area contributed by atoms with Crippen LogP contribution in [0, 0.1) is 5.82 Å². The van der Waals surface area contributed by atoms with E-state index in [1.807, 2.05) is 6.92 Å². The first-order valence-corrected chi connectivity index (χ1v) is 11.5. The predicted molar refractivity (Wildman–Crippen MR) is 122 cm³/mol. The molecule has 3 aliphatic heterocycles. The number of Topliss-reactive ketones (excluding diaryl/α,β-unsaturated/α-hetero) is 1. The molecule has 3 aliphatic rings. The van der Waals surface area contributed by atoms with Gasteiger partial charge in [-0.2, -0.15) is 0 Å². The van der Waals surface area contributed by atoms with Crippen LogP contribution < -0.4 is 4.90 Å². The minimum atomic E-state index is -1.82. The van der Waals surface area contributed by atoms with Crippen LogP contribution in [-0.4, -0.2) is 53.4 Å². The van der Waals surface area contributed by atoms with E-state index in [-0.39, 0.29) is 23.8 Å². The number of anilines is 1. The number of aliphatic hydroxyl groups excluding tert-OH is 1. The van der Waals surface area contributed by atoms with Gasteiger partial charge in [-0.3, -0.25) is 14.4 Å². The fourth-order valence-electron chi connectivity index (χ4n) is 5.31. The minimum absolute atomic E-state index is 0.0464. The molecule has 2 amide bonds. The van der Waals surface area contributed by atoms with Gasteiger partial charge >= 0.3 is 0 Å². The van der Waals surface area contributed by atoms with Gasteiger partial charge in [-0.25, -0.2) is 4.39 Å². The molecular weight excluding hydrogens is 439 g/mol. The van der Waals surface area contributed by atoms with Gasteiger partial charge in [0.05, 0.1) is 17.4 Å². The molecule has 0 radical (unpaired) electrons. The molecule has 0 saturated carbocycles. The Morgan fingerprint density at radius 1 is 1.15 bits per heavy atom. The fourth-order valence-corrected chi connectivity index (χ4v) is 5.31. The van der Waals surface area contributed by atoms with Crippen LogP contribution in [0.5, 0.6) is 0 Å². The fraction of sp³-hybridized carbons (Fsp3) is 0.346. The van der Waals surface area contributed by atoms with E-state index < -0.39 is 34.7 Å². The van der Waals surface area contributed by atoms with Crippen molar-refractivity contribution < 1.29 is 28.6 Å². The minimum Gasteiger partial charge on any atom is -0.507 e. The number of hydrogen-bond donors (Lipinski definition) is 1. The number of hydrogen-bond acceptors (Lipinski definition) is 5. The third kappa shape index (κ3) is 3.09. The first kappa shape index (κ1) is 22.3. The maximum atomic E-state index is 14.2. The Kier molecular flexibility index (Phi) is 5.48. The lowest BCUT2D eigenvalue weighted by Gasteiger charge is -2.35. The summed E-state index contributed by atoms with van der Waals surface area (Å²) < 4.78 is 19.3. The molecule has 3 heterocycles. The third-order valence-electron chi connectivity index (χ3n) is 6.78. The number of para-hydroxylation sites is 1. The molecule has 0 aromatic heterocycles. The van der Waals surface area contributed by atoms with Gasteiger partial charge in [0.1, 0.15) is 11.6 Å². The number of rotatable bonds is 5. The average Bonchev–Trinajstić information content (AvgIpc) is 3.49. The van der Waals surface area contributed by atoms with Crippen LogP contribution in [0.4, 0.5) is 10.1 Å². The number of nitrogens with zero attached hydrogens (tertiary/aromatic N) is 2. The molecular formula is C26H25FN2O5. The first-order chi connectivity index (χ1) is 16.4. The summed E-state index contributed by atoms with van der Waals surface area (Å²) in [5.41, 5.74) is -0.897. The van der Waals surface area contributed by atoms with Crippen LogP contribution in [0.2, 0.25) is 0 Å². The molecule has 5 rings (SSSR count). The van der Waals surface area contributed by atoms with E-state index in [0.717, 1.165) is 18.6 Å². The average molecular weight is 464 g/mol. The highest BCUT2D eigenvalue weighted by atomic mass is 19.1. The smallest absolute Gasteiger partial charge is 0.296 e. The van der Waals surface area contributed by atoms with Crippen molar-refractivity contribution in [3.63, 3.8) is 0 Å². The van der Waals surface area contributed by atoms with E-state index in [1.54, 1.807) is 29.2 Å². The Bertz CT molecular complexity index is 1200. The Morgan fingerprint density at radius 3 is 2.56 bits per heavy atom. The normalized spacial score (nSPS) is 25.6. The Labute approximate surface area is 196 Å². The lowest BCUT2D eigenvalue weighted by Crippen LogP contribution is -2.53. The molecule has 2 aromatic rings. The van der Waals surface area contributed by atoms with Crippen molar-refractivity contribution in [3.05, 3.63) is 71.0 Å². The molecule has 8 heteroatoms. The number of carbonyl (C=O) groups is 3. The van der Waals surface area contributed by atoms with Crippen LogP contribution in [0.25, 0.3) is 5.76 Å². The number of benzene rings is 2. The summed E-state index contributed by atoms with van der Waals surface area (Å²) in [5, 5.41) is 11.3. The zero-order valence-electron chi connectivity index (χ0n) is 18.8. The van der Waals surface area contributed by atoms with E-state index in [9.17, 15) is 23.9 Å². The quantitative estimate of drug-likeness (QED) is 0.417. The van der Waals surface area contributed by atoms with Gasteiger partial charge in [0, 0.05) is 30.8 Å². The number of ketones is 1. The number of ether oxygens (including phenoxy) is 1. The monoisotopic (exact) mass is 464 g/mol. The zero-order valence-corrected chi connectivity index (χ0v) is 18.8. The molecule has 1 N–H and O–H groups in total. The van der Waals surface area contributed by atoms with Gasteiger partial charge in [0.25, 0.3) is 17.6 Å². The number of fused-ring (bicyclic) bond motifs is 2. The van der Waals surface area contributed by atoms with Crippen LogP contribution in [0.3, 0.4) is 0 Å². The highest BCUT2D eigenvalue weighted by Gasteiger charge is 2.67. The SMILES string of the molecule is CCCN1C(=O)[C@]2(C(=C(O)c3ccc(F)cc3)C(=O)C(=O)N2C[C@H]2CCCO2)c2ccccc21. The van der Waals surface area contributed by atoms with Crippen LogP contribution in [-0.2, 0) is 24.7 Å². The standard InChI is InChI=1S/C26H25FN2O5/c1-2-13-28-20-8-4-3-7-19(20)26(25(28)33)21(22(30)16-9-11-17(27)12-10-16)23(31)24(32)29(26)15-18-6-5-14-34-18/h3-4,7-12,18,30H,2,5-6,13-15H2,1H3/t18-,26-/m1/s1. The highest BCUT2D eigenvalue weighted by molar-refractivity contribution is 6.50. The summed E-state index contributed by atoms with van der Waals surface area (Å²) in [6, 6.07) is 12.0. The highest BCUT2D eigenvalue weighted by Crippen LogP contribution is 2.53. The van der Waals surface area contributed by atoms with Gasteiger partial charge in [-0.1, -0.05) is 25.1 Å². The molecule has 34 heavy (non-hydrogen) atoms. The van der Waals surface area contributed by atoms with Gasteiger partial charge in [0.15, 0.2) is 5.54 Å². The van der Waals surface area contributed by atoms with E-state index in [4.69, 9.17) is 4.74 Å². The number of aliphatic hydroxyl groups is 1. The Balaban J connectivity index is 1.79. The van der Waals surface area contributed by atoms with E-state index in [2.05, 4.69) is 0 Å². The van der Waals surface area contributed by atoms with E-state index in [0.29, 0.717) is 37.2 Å². The Morgan fingerprint density at radius 2 is 1.88 bits per heavy atom. The molecule has 1 spiro atoms. The second-order valence-electron chi connectivity index (χ2n) is 8.79. The molecule has 0 bridgehead atoms. The lowest BCUT2D eigenvalue weighted by molar-refractivity contribution is -0.145. The number of amides is 2. The van der Waals surface area contributed by atoms with Crippen molar-refractivity contribution in [2.24, 2.45) is 0 Å². The van der Waals surface area contributed by atoms with Gasteiger partial charge in [-0.15, -0.1) is 0 Å². The van der Waals surface area contributed by atoms with Crippen molar-refractivity contribution in [1.29, 1.82) is 0 Å². The van der Waals surface area contributed by atoms with E-state index >= 15 is 0 Å². The zero-order chi connectivity index (χ0) is 24.0. The summed E-state index contributed by atoms with van der Waals surface area (Å²) in [4.78, 5) is 43.9. The second kappa shape index (κ2) is 8.36. The molecule has 2 fully saturated rings. The van der Waals surface area contributed by atoms with Crippen LogP contribution in [0.15, 0.2) is 54.1 Å².